The van der Waals surface area contributed by atoms with Gasteiger partial charge in [-0.2, -0.15) is 0 Å². The van der Waals surface area contributed by atoms with Crippen molar-refractivity contribution >= 4 is 17.5 Å². The van der Waals surface area contributed by atoms with Crippen LogP contribution in [0.4, 0.5) is 0 Å². The molecule has 1 N–H and O–H groups in total. The van der Waals surface area contributed by atoms with Gasteiger partial charge in [-0.25, -0.2) is 4.68 Å². The number of nitrogens with zero attached hydrogens (tertiary/aromatic N) is 4. The molecule has 0 spiro atoms. The Bertz CT molecular complexity index is 640. The Labute approximate surface area is 128 Å². The number of benzene rings is 1. The second kappa shape index (κ2) is 6.69. The van der Waals surface area contributed by atoms with Gasteiger partial charge in [0, 0.05) is 25.2 Å². The molecule has 0 radical (unpaired) electrons. The van der Waals surface area contributed by atoms with Crippen LogP contribution in [0, 0.1) is 6.92 Å². The third kappa shape index (κ3) is 3.40. The number of rotatable bonds is 5. The Morgan fingerprint density at radius 2 is 2.24 bits per heavy atom. The summed E-state index contributed by atoms with van der Waals surface area (Å²) in [5.74, 6) is -0.143. The number of hydrogen-bond acceptors (Lipinski definition) is 4. The first-order valence-electron chi connectivity index (χ1n) is 6.63. The predicted molar refractivity (Wildman–Crippen MR) is 82.0 cm³/mol. The molecule has 0 aliphatic carbocycles. The maximum atomic E-state index is 12.3. The van der Waals surface area contributed by atoms with E-state index < -0.39 is 0 Å². The van der Waals surface area contributed by atoms with Crippen LogP contribution in [-0.4, -0.2) is 53.0 Å². The van der Waals surface area contributed by atoms with Gasteiger partial charge in [0.05, 0.1) is 11.4 Å². The summed E-state index contributed by atoms with van der Waals surface area (Å²) in [5.41, 5.74) is 1.83. The molecule has 112 valence electrons. The van der Waals surface area contributed by atoms with Crippen molar-refractivity contribution in [2.45, 2.75) is 6.92 Å². The van der Waals surface area contributed by atoms with Crippen molar-refractivity contribution in [1.82, 2.24) is 25.2 Å². The highest BCUT2D eigenvalue weighted by Crippen LogP contribution is 2.17. The summed E-state index contributed by atoms with van der Waals surface area (Å²) >= 11 is 5.98. The van der Waals surface area contributed by atoms with Crippen LogP contribution in [0.3, 0.4) is 0 Å². The Morgan fingerprint density at radius 1 is 1.48 bits per heavy atom. The maximum Gasteiger partial charge on any atom is 0.276 e. The van der Waals surface area contributed by atoms with Crippen LogP contribution in [-0.2, 0) is 0 Å². The molecular weight excluding hydrogens is 290 g/mol. The number of halogens is 1. The summed E-state index contributed by atoms with van der Waals surface area (Å²) < 4.78 is 1.62. The smallest absolute Gasteiger partial charge is 0.276 e. The van der Waals surface area contributed by atoms with Crippen molar-refractivity contribution in [2.24, 2.45) is 0 Å². The standard InChI is InChI=1S/C14H18ClN5O/c1-10-13(14(21)19(3)8-7-16-2)17-18-20(10)12-6-4-5-11(15)9-12/h4-6,9,16H,7-8H2,1-3H3. The van der Waals surface area contributed by atoms with E-state index in [4.69, 9.17) is 11.6 Å². The van der Waals surface area contributed by atoms with Crippen molar-refractivity contribution in [1.29, 1.82) is 0 Å². The Kier molecular flexibility index (Phi) is 4.93. The van der Waals surface area contributed by atoms with Gasteiger partial charge < -0.3 is 10.2 Å². The fraction of sp³-hybridized carbons (Fsp3) is 0.357. The van der Waals surface area contributed by atoms with Gasteiger partial charge in [0.1, 0.15) is 0 Å². The van der Waals surface area contributed by atoms with Crippen LogP contribution >= 0.6 is 11.6 Å². The molecule has 2 aromatic rings. The third-order valence-electron chi connectivity index (χ3n) is 3.19. The van der Waals surface area contributed by atoms with Gasteiger partial charge in [-0.05, 0) is 32.2 Å². The fourth-order valence-corrected chi connectivity index (χ4v) is 2.13. The normalized spacial score (nSPS) is 10.7. The first-order valence-corrected chi connectivity index (χ1v) is 7.00. The van der Waals surface area contributed by atoms with E-state index in [1.165, 1.54) is 0 Å². The van der Waals surface area contributed by atoms with E-state index in [1.54, 1.807) is 28.8 Å². The monoisotopic (exact) mass is 307 g/mol. The van der Waals surface area contributed by atoms with Crippen LogP contribution in [0.1, 0.15) is 16.2 Å². The van der Waals surface area contributed by atoms with Gasteiger partial charge in [0.2, 0.25) is 0 Å². The van der Waals surface area contributed by atoms with Crippen LogP contribution < -0.4 is 5.32 Å². The van der Waals surface area contributed by atoms with Gasteiger partial charge in [-0.3, -0.25) is 4.79 Å². The quantitative estimate of drug-likeness (QED) is 0.910. The van der Waals surface area contributed by atoms with Gasteiger partial charge in [-0.1, -0.05) is 22.9 Å². The van der Waals surface area contributed by atoms with E-state index in [0.29, 0.717) is 23.0 Å². The van der Waals surface area contributed by atoms with Crippen molar-refractivity contribution in [3.05, 3.63) is 40.7 Å². The molecule has 1 aromatic heterocycles. The second-order valence-electron chi connectivity index (χ2n) is 4.75. The topological polar surface area (TPSA) is 63.1 Å². The molecule has 1 heterocycles. The lowest BCUT2D eigenvalue weighted by molar-refractivity contribution is 0.0790. The van der Waals surface area contributed by atoms with E-state index in [2.05, 4.69) is 15.6 Å². The molecule has 0 atom stereocenters. The van der Waals surface area contributed by atoms with Crippen LogP contribution in [0.5, 0.6) is 0 Å². The number of carbonyl (C=O) groups excluding carboxylic acids is 1. The summed E-state index contributed by atoms with van der Waals surface area (Å²) in [5, 5.41) is 11.7. The third-order valence-corrected chi connectivity index (χ3v) is 3.43. The molecule has 0 fully saturated rings. The molecule has 1 amide bonds. The summed E-state index contributed by atoms with van der Waals surface area (Å²) in [7, 11) is 3.59. The number of amides is 1. The summed E-state index contributed by atoms with van der Waals surface area (Å²) in [6, 6.07) is 7.27. The number of likely N-dealkylation sites (N-methyl/N-ethyl adjacent to an activating group) is 2. The number of nitrogens with one attached hydrogen (secondary N) is 1. The molecule has 0 aliphatic heterocycles. The SMILES string of the molecule is CNCCN(C)C(=O)c1nnn(-c2cccc(Cl)c2)c1C. The lowest BCUT2D eigenvalue weighted by atomic mass is 10.2. The van der Waals surface area contributed by atoms with Crippen molar-refractivity contribution < 1.29 is 4.79 Å². The Hall–Kier alpha value is -1.92. The minimum atomic E-state index is -0.143. The van der Waals surface area contributed by atoms with Gasteiger partial charge in [0.15, 0.2) is 5.69 Å². The highest BCUT2D eigenvalue weighted by atomic mass is 35.5. The highest BCUT2D eigenvalue weighted by molar-refractivity contribution is 6.30. The molecule has 2 rings (SSSR count). The molecule has 6 nitrogen and oxygen atoms in total. The average molecular weight is 308 g/mol. The van der Waals surface area contributed by atoms with Gasteiger partial charge in [0.25, 0.3) is 5.91 Å². The van der Waals surface area contributed by atoms with Crippen LogP contribution in [0.25, 0.3) is 5.69 Å². The van der Waals surface area contributed by atoms with Gasteiger partial charge >= 0.3 is 0 Å². The fourth-order valence-electron chi connectivity index (χ4n) is 1.94. The Morgan fingerprint density at radius 3 is 2.90 bits per heavy atom. The van der Waals surface area contributed by atoms with Crippen LogP contribution in [0.2, 0.25) is 5.02 Å². The Balaban J connectivity index is 2.26. The molecule has 1 aromatic carbocycles. The molecule has 0 aliphatic rings. The zero-order valence-corrected chi connectivity index (χ0v) is 13.1. The summed E-state index contributed by atoms with van der Waals surface area (Å²) in [6.45, 7) is 3.16. The van der Waals surface area contributed by atoms with Gasteiger partial charge in [-0.15, -0.1) is 5.10 Å². The molecular formula is C14H18ClN5O. The number of hydrogen-bond donors (Lipinski definition) is 1. The van der Waals surface area contributed by atoms with E-state index in [1.807, 2.05) is 26.1 Å². The predicted octanol–water partition coefficient (Wildman–Crippen LogP) is 1.52. The molecule has 0 saturated carbocycles. The molecule has 7 heteroatoms. The lowest BCUT2D eigenvalue weighted by Gasteiger charge is -2.15. The van der Waals surface area contributed by atoms with Crippen molar-refractivity contribution in [3.8, 4) is 5.69 Å². The molecule has 0 unspecified atom stereocenters. The summed E-state index contributed by atoms with van der Waals surface area (Å²) in [6.07, 6.45) is 0. The van der Waals surface area contributed by atoms with Crippen molar-refractivity contribution in [2.75, 3.05) is 27.2 Å². The molecule has 0 saturated heterocycles. The lowest BCUT2D eigenvalue weighted by Crippen LogP contribution is -2.33. The minimum Gasteiger partial charge on any atom is -0.339 e. The highest BCUT2D eigenvalue weighted by Gasteiger charge is 2.20. The maximum absolute atomic E-state index is 12.3. The van der Waals surface area contributed by atoms with Crippen LogP contribution in [0.15, 0.2) is 24.3 Å². The van der Waals surface area contributed by atoms with E-state index >= 15 is 0 Å². The zero-order chi connectivity index (χ0) is 15.4. The second-order valence-corrected chi connectivity index (χ2v) is 5.18. The number of aromatic nitrogens is 3. The van der Waals surface area contributed by atoms with E-state index in [0.717, 1.165) is 12.2 Å². The molecule has 21 heavy (non-hydrogen) atoms. The van der Waals surface area contributed by atoms with Crippen molar-refractivity contribution in [3.63, 3.8) is 0 Å². The first kappa shape index (κ1) is 15.5. The summed E-state index contributed by atoms with van der Waals surface area (Å²) in [4.78, 5) is 14.0. The van der Waals surface area contributed by atoms with E-state index in [-0.39, 0.29) is 5.91 Å². The molecule has 0 bridgehead atoms. The first-order chi connectivity index (χ1) is 10.0. The average Bonchev–Trinajstić information content (AvgIpc) is 2.85. The minimum absolute atomic E-state index is 0.143. The van der Waals surface area contributed by atoms with E-state index in [9.17, 15) is 4.79 Å². The number of carbonyl (C=O) groups is 1. The largest absolute Gasteiger partial charge is 0.339 e. The zero-order valence-electron chi connectivity index (χ0n) is 12.3.